The fraction of sp³-hybridized carbons (Fsp3) is 0.267. The number of para-hydroxylation sites is 1. The number of imidazole rings is 1. The van der Waals surface area contributed by atoms with Crippen LogP contribution in [0.1, 0.15) is 24.7 Å². The first-order valence-corrected chi connectivity index (χ1v) is 6.52. The summed E-state index contributed by atoms with van der Waals surface area (Å²) in [5, 5.41) is 0. The smallest absolute Gasteiger partial charge is 0.128 e. The van der Waals surface area contributed by atoms with E-state index >= 15 is 0 Å². The molecule has 1 aromatic heterocycles. The second-order valence-corrected chi connectivity index (χ2v) is 4.62. The van der Waals surface area contributed by atoms with Gasteiger partial charge in [-0.25, -0.2) is 4.98 Å². The first kappa shape index (κ1) is 12.0. The van der Waals surface area contributed by atoms with Crippen molar-refractivity contribution >= 4 is 0 Å². The molecule has 0 aliphatic carbocycles. The van der Waals surface area contributed by atoms with Crippen LogP contribution in [0.4, 0.5) is 0 Å². The van der Waals surface area contributed by atoms with Crippen LogP contribution in [-0.4, -0.2) is 16.6 Å². The van der Waals surface area contributed by atoms with Gasteiger partial charge in [0.2, 0.25) is 0 Å². The van der Waals surface area contributed by atoms with Crippen LogP contribution >= 0.6 is 0 Å². The molecule has 1 aliphatic heterocycles. The molecular formula is C15H17N3O. The van der Waals surface area contributed by atoms with Crippen molar-refractivity contribution in [2.24, 2.45) is 5.73 Å². The highest BCUT2D eigenvalue weighted by Gasteiger charge is 2.13. The summed E-state index contributed by atoms with van der Waals surface area (Å²) >= 11 is 0. The number of aromatic amines is 1. The number of H-pyrrole nitrogens is 1. The van der Waals surface area contributed by atoms with Crippen molar-refractivity contribution in [3.63, 3.8) is 0 Å². The molecule has 0 spiro atoms. The zero-order chi connectivity index (χ0) is 13.1. The number of nitrogens with two attached hydrogens (primary N) is 1. The van der Waals surface area contributed by atoms with E-state index in [1.807, 2.05) is 30.5 Å². The second kappa shape index (κ2) is 5.28. The Morgan fingerprint density at radius 2 is 2.16 bits per heavy atom. The van der Waals surface area contributed by atoms with Crippen molar-refractivity contribution in [2.75, 3.05) is 6.61 Å². The van der Waals surface area contributed by atoms with E-state index in [-0.39, 0.29) is 6.04 Å². The fourth-order valence-electron chi connectivity index (χ4n) is 2.18. The van der Waals surface area contributed by atoms with Gasteiger partial charge in [-0.3, -0.25) is 0 Å². The first-order chi connectivity index (χ1) is 9.34. The monoisotopic (exact) mass is 255 g/mol. The standard InChI is InChI=1S/C15H17N3O/c16-12-7-2-1-5-9-19-14-8-4-3-6-11(14)13-10-17-15(12)18-13/h1-4,6,8,10,12H,5,7,9,16H2,(H,17,18)/b2-1+/t12-/m0/s1. The van der Waals surface area contributed by atoms with Crippen molar-refractivity contribution in [3.8, 4) is 17.0 Å². The number of hydrogen-bond donors (Lipinski definition) is 2. The van der Waals surface area contributed by atoms with Crippen LogP contribution in [-0.2, 0) is 0 Å². The lowest BCUT2D eigenvalue weighted by Crippen LogP contribution is -2.11. The van der Waals surface area contributed by atoms with Gasteiger partial charge in [-0.1, -0.05) is 24.3 Å². The molecule has 0 radical (unpaired) electrons. The minimum absolute atomic E-state index is 0.0856. The minimum Gasteiger partial charge on any atom is -0.493 e. The Balaban J connectivity index is 2.04. The van der Waals surface area contributed by atoms with Gasteiger partial charge in [0, 0.05) is 11.8 Å². The van der Waals surface area contributed by atoms with Gasteiger partial charge in [0.25, 0.3) is 0 Å². The Morgan fingerprint density at radius 1 is 1.26 bits per heavy atom. The topological polar surface area (TPSA) is 63.9 Å². The maximum Gasteiger partial charge on any atom is 0.128 e. The molecule has 98 valence electrons. The van der Waals surface area contributed by atoms with Crippen LogP contribution in [0.3, 0.4) is 0 Å². The molecule has 1 aliphatic rings. The highest BCUT2D eigenvalue weighted by Crippen LogP contribution is 2.29. The second-order valence-electron chi connectivity index (χ2n) is 4.62. The van der Waals surface area contributed by atoms with E-state index in [1.165, 1.54) is 0 Å². The van der Waals surface area contributed by atoms with Crippen LogP contribution in [0, 0.1) is 0 Å². The summed E-state index contributed by atoms with van der Waals surface area (Å²) in [7, 11) is 0. The number of nitrogens with one attached hydrogen (secondary N) is 1. The Kier molecular flexibility index (Phi) is 3.33. The Morgan fingerprint density at radius 3 is 3.11 bits per heavy atom. The number of benzene rings is 1. The molecule has 1 atom stereocenters. The van der Waals surface area contributed by atoms with Gasteiger partial charge in [-0.15, -0.1) is 0 Å². The minimum atomic E-state index is -0.0856. The summed E-state index contributed by atoms with van der Waals surface area (Å²) in [6.07, 6.45) is 7.76. The zero-order valence-electron chi connectivity index (χ0n) is 10.7. The van der Waals surface area contributed by atoms with Gasteiger partial charge in [0.1, 0.15) is 11.6 Å². The lowest BCUT2D eigenvalue weighted by Gasteiger charge is -2.10. The number of ether oxygens (including phenoxy) is 1. The van der Waals surface area contributed by atoms with Gasteiger partial charge < -0.3 is 15.5 Å². The number of fused-ring (bicyclic) bond motifs is 4. The zero-order valence-corrected chi connectivity index (χ0v) is 10.7. The SMILES string of the molecule is N[C@H]1C/C=C/CCOc2ccccc2-c2c[nH]c1n2. The lowest BCUT2D eigenvalue weighted by molar-refractivity contribution is 0.326. The summed E-state index contributed by atoms with van der Waals surface area (Å²) in [5.41, 5.74) is 7.99. The van der Waals surface area contributed by atoms with Crippen LogP contribution in [0.2, 0.25) is 0 Å². The van der Waals surface area contributed by atoms with Crippen molar-refractivity contribution in [1.29, 1.82) is 0 Å². The van der Waals surface area contributed by atoms with Gasteiger partial charge in [0.05, 0.1) is 18.3 Å². The van der Waals surface area contributed by atoms with Crippen molar-refractivity contribution < 1.29 is 4.74 Å². The molecule has 0 unspecified atom stereocenters. The molecule has 3 N–H and O–H groups in total. The van der Waals surface area contributed by atoms with Gasteiger partial charge in [-0.2, -0.15) is 0 Å². The van der Waals surface area contributed by atoms with E-state index in [2.05, 4.69) is 22.1 Å². The maximum absolute atomic E-state index is 6.11. The molecule has 2 aromatic rings. The normalized spacial score (nSPS) is 20.6. The highest BCUT2D eigenvalue weighted by atomic mass is 16.5. The van der Waals surface area contributed by atoms with Gasteiger partial charge in [-0.05, 0) is 25.0 Å². The van der Waals surface area contributed by atoms with Crippen LogP contribution in [0.25, 0.3) is 11.3 Å². The molecule has 4 heteroatoms. The molecule has 1 aromatic carbocycles. The summed E-state index contributed by atoms with van der Waals surface area (Å²) in [6, 6.07) is 7.86. The van der Waals surface area contributed by atoms with E-state index in [1.54, 1.807) is 0 Å². The molecular weight excluding hydrogens is 238 g/mol. The molecule has 0 amide bonds. The summed E-state index contributed by atoms with van der Waals surface area (Å²) in [4.78, 5) is 7.73. The summed E-state index contributed by atoms with van der Waals surface area (Å²) in [6.45, 7) is 0.667. The molecule has 2 bridgehead atoms. The van der Waals surface area contributed by atoms with E-state index in [4.69, 9.17) is 10.5 Å². The average Bonchev–Trinajstić information content (AvgIpc) is 2.91. The third kappa shape index (κ3) is 2.53. The molecule has 3 rings (SSSR count). The average molecular weight is 255 g/mol. The number of nitrogens with zero attached hydrogens (tertiary/aromatic N) is 1. The molecule has 0 fully saturated rings. The van der Waals surface area contributed by atoms with Gasteiger partial charge >= 0.3 is 0 Å². The highest BCUT2D eigenvalue weighted by molar-refractivity contribution is 5.66. The summed E-state index contributed by atoms with van der Waals surface area (Å²) < 4.78 is 5.82. The van der Waals surface area contributed by atoms with E-state index in [0.29, 0.717) is 6.61 Å². The van der Waals surface area contributed by atoms with Gasteiger partial charge in [0.15, 0.2) is 0 Å². The number of rotatable bonds is 0. The number of hydrogen-bond acceptors (Lipinski definition) is 3. The van der Waals surface area contributed by atoms with Crippen molar-refractivity contribution in [1.82, 2.24) is 9.97 Å². The molecule has 0 saturated heterocycles. The molecule has 4 nitrogen and oxygen atoms in total. The van der Waals surface area contributed by atoms with Crippen LogP contribution < -0.4 is 10.5 Å². The summed E-state index contributed by atoms with van der Waals surface area (Å²) in [5.74, 6) is 1.68. The van der Waals surface area contributed by atoms with Crippen molar-refractivity contribution in [3.05, 3.63) is 48.4 Å². The largest absolute Gasteiger partial charge is 0.493 e. The maximum atomic E-state index is 6.11. The fourth-order valence-corrected chi connectivity index (χ4v) is 2.18. The Labute approximate surface area is 112 Å². The third-order valence-electron chi connectivity index (χ3n) is 3.21. The Bertz CT molecular complexity index is 589. The van der Waals surface area contributed by atoms with Crippen LogP contribution in [0.5, 0.6) is 5.75 Å². The van der Waals surface area contributed by atoms with E-state index < -0.39 is 0 Å². The van der Waals surface area contributed by atoms with Crippen LogP contribution in [0.15, 0.2) is 42.6 Å². The third-order valence-corrected chi connectivity index (χ3v) is 3.21. The predicted molar refractivity (Wildman–Crippen MR) is 74.8 cm³/mol. The molecule has 2 heterocycles. The first-order valence-electron chi connectivity index (χ1n) is 6.52. The molecule has 19 heavy (non-hydrogen) atoms. The Hall–Kier alpha value is -2.07. The van der Waals surface area contributed by atoms with E-state index in [9.17, 15) is 0 Å². The predicted octanol–water partition coefficient (Wildman–Crippen LogP) is 2.81. The quantitative estimate of drug-likeness (QED) is 0.711. The van der Waals surface area contributed by atoms with E-state index in [0.717, 1.165) is 35.7 Å². The number of aromatic nitrogens is 2. The molecule has 0 saturated carbocycles. The lowest BCUT2D eigenvalue weighted by atomic mass is 10.1. The van der Waals surface area contributed by atoms with Crippen molar-refractivity contribution in [2.45, 2.75) is 18.9 Å².